The summed E-state index contributed by atoms with van der Waals surface area (Å²) in [7, 11) is 0. The first-order valence-corrected chi connectivity index (χ1v) is 8.03. The van der Waals surface area contributed by atoms with Gasteiger partial charge in [-0.1, -0.05) is 13.8 Å². The molecule has 2 nitrogen and oxygen atoms in total. The molecule has 0 bridgehead atoms. The topological polar surface area (TPSA) is 21.3 Å². The van der Waals surface area contributed by atoms with Gasteiger partial charge in [0, 0.05) is 28.3 Å². The van der Waals surface area contributed by atoms with Crippen LogP contribution in [-0.2, 0) is 17.6 Å². The van der Waals surface area contributed by atoms with E-state index < -0.39 is 0 Å². The standard InChI is InChI=1S/C15H25NOS/c1-3-8-16-15(12-7-9-17-11-12)10-14-6-5-13(4-2)18-14/h5-6,12,15-16H,3-4,7-11H2,1-2H3. The molecule has 1 saturated heterocycles. The van der Waals surface area contributed by atoms with Gasteiger partial charge in [0.25, 0.3) is 0 Å². The first-order chi connectivity index (χ1) is 8.83. The van der Waals surface area contributed by atoms with Crippen LogP contribution in [0.2, 0.25) is 0 Å². The molecule has 2 rings (SSSR count). The highest BCUT2D eigenvalue weighted by atomic mass is 32.1. The summed E-state index contributed by atoms with van der Waals surface area (Å²) in [6.45, 7) is 7.46. The second-order valence-electron chi connectivity index (χ2n) is 5.11. The predicted molar refractivity (Wildman–Crippen MR) is 78.4 cm³/mol. The molecule has 1 N–H and O–H groups in total. The third kappa shape index (κ3) is 3.81. The van der Waals surface area contributed by atoms with E-state index in [9.17, 15) is 0 Å². The number of hydrogen-bond donors (Lipinski definition) is 1. The van der Waals surface area contributed by atoms with Gasteiger partial charge >= 0.3 is 0 Å². The molecule has 0 aliphatic carbocycles. The van der Waals surface area contributed by atoms with E-state index in [1.807, 2.05) is 11.3 Å². The van der Waals surface area contributed by atoms with Crippen LogP contribution in [0.25, 0.3) is 0 Å². The van der Waals surface area contributed by atoms with Crippen LogP contribution in [0.15, 0.2) is 12.1 Å². The van der Waals surface area contributed by atoms with Crippen LogP contribution in [0.3, 0.4) is 0 Å². The van der Waals surface area contributed by atoms with Gasteiger partial charge in [-0.2, -0.15) is 0 Å². The largest absolute Gasteiger partial charge is 0.381 e. The molecule has 1 fully saturated rings. The molecule has 2 unspecified atom stereocenters. The molecule has 1 aliphatic rings. The van der Waals surface area contributed by atoms with E-state index in [4.69, 9.17) is 4.74 Å². The Balaban J connectivity index is 1.94. The molecule has 0 saturated carbocycles. The van der Waals surface area contributed by atoms with Crippen LogP contribution in [0, 0.1) is 5.92 Å². The maximum absolute atomic E-state index is 5.55. The Kier molecular flexibility index (Phi) is 5.67. The van der Waals surface area contributed by atoms with Gasteiger partial charge in [-0.25, -0.2) is 0 Å². The second kappa shape index (κ2) is 7.27. The van der Waals surface area contributed by atoms with Gasteiger partial charge in [-0.05, 0) is 44.4 Å². The zero-order valence-electron chi connectivity index (χ0n) is 11.6. The van der Waals surface area contributed by atoms with E-state index in [1.165, 1.54) is 29.0 Å². The van der Waals surface area contributed by atoms with Gasteiger partial charge < -0.3 is 10.1 Å². The monoisotopic (exact) mass is 267 g/mol. The van der Waals surface area contributed by atoms with Crippen molar-refractivity contribution in [3.63, 3.8) is 0 Å². The molecular weight excluding hydrogens is 242 g/mol. The fourth-order valence-electron chi connectivity index (χ4n) is 2.54. The Morgan fingerprint density at radius 2 is 2.22 bits per heavy atom. The Hall–Kier alpha value is -0.380. The lowest BCUT2D eigenvalue weighted by Gasteiger charge is -2.23. The highest BCUT2D eigenvalue weighted by Crippen LogP contribution is 2.24. The van der Waals surface area contributed by atoms with Crippen LogP contribution in [-0.4, -0.2) is 25.8 Å². The maximum Gasteiger partial charge on any atom is 0.0510 e. The lowest BCUT2D eigenvalue weighted by atomic mass is 9.95. The maximum atomic E-state index is 5.55. The van der Waals surface area contributed by atoms with Crippen molar-refractivity contribution in [2.24, 2.45) is 5.92 Å². The summed E-state index contributed by atoms with van der Waals surface area (Å²) in [5.74, 6) is 0.698. The number of aryl methyl sites for hydroxylation is 1. The molecular formula is C15H25NOS. The molecule has 1 aromatic heterocycles. The lowest BCUT2D eigenvalue weighted by Crippen LogP contribution is -2.38. The molecule has 0 radical (unpaired) electrons. The van der Waals surface area contributed by atoms with Crippen molar-refractivity contribution >= 4 is 11.3 Å². The quantitative estimate of drug-likeness (QED) is 0.819. The van der Waals surface area contributed by atoms with E-state index in [0.717, 1.165) is 26.2 Å². The average molecular weight is 267 g/mol. The minimum absolute atomic E-state index is 0.593. The molecule has 3 heteroatoms. The van der Waals surface area contributed by atoms with Crippen molar-refractivity contribution in [1.82, 2.24) is 5.32 Å². The first kappa shape index (κ1) is 14.0. The third-order valence-corrected chi connectivity index (χ3v) is 4.93. The molecule has 2 atom stereocenters. The molecule has 0 spiro atoms. The van der Waals surface area contributed by atoms with Gasteiger partial charge in [0.1, 0.15) is 0 Å². The fraction of sp³-hybridized carbons (Fsp3) is 0.733. The lowest BCUT2D eigenvalue weighted by molar-refractivity contribution is 0.176. The third-order valence-electron chi connectivity index (χ3n) is 3.68. The zero-order valence-corrected chi connectivity index (χ0v) is 12.4. The zero-order chi connectivity index (χ0) is 12.8. The molecule has 0 amide bonds. The van der Waals surface area contributed by atoms with Crippen LogP contribution in [0.5, 0.6) is 0 Å². The van der Waals surface area contributed by atoms with E-state index in [0.29, 0.717) is 12.0 Å². The Labute approximate surface area is 115 Å². The van der Waals surface area contributed by atoms with Crippen molar-refractivity contribution in [1.29, 1.82) is 0 Å². The van der Waals surface area contributed by atoms with Crippen molar-refractivity contribution in [3.05, 3.63) is 21.9 Å². The summed E-state index contributed by atoms with van der Waals surface area (Å²) in [4.78, 5) is 3.02. The molecule has 0 aromatic carbocycles. The second-order valence-corrected chi connectivity index (χ2v) is 6.36. The summed E-state index contributed by atoms with van der Waals surface area (Å²) in [6, 6.07) is 5.18. The highest BCUT2D eigenvalue weighted by Gasteiger charge is 2.25. The molecule has 1 aromatic rings. The number of rotatable bonds is 7. The number of hydrogen-bond acceptors (Lipinski definition) is 3. The van der Waals surface area contributed by atoms with Gasteiger partial charge in [0.15, 0.2) is 0 Å². The SMILES string of the molecule is CCCNC(Cc1ccc(CC)s1)C1CCOC1. The van der Waals surface area contributed by atoms with E-state index in [-0.39, 0.29) is 0 Å². The van der Waals surface area contributed by atoms with E-state index in [2.05, 4.69) is 31.3 Å². The van der Waals surface area contributed by atoms with E-state index in [1.54, 1.807) is 0 Å². The van der Waals surface area contributed by atoms with Crippen molar-refractivity contribution < 1.29 is 4.74 Å². The van der Waals surface area contributed by atoms with Crippen LogP contribution in [0.4, 0.5) is 0 Å². The minimum Gasteiger partial charge on any atom is -0.381 e. The smallest absolute Gasteiger partial charge is 0.0510 e. The highest BCUT2D eigenvalue weighted by molar-refractivity contribution is 7.11. The van der Waals surface area contributed by atoms with Crippen molar-refractivity contribution in [2.45, 2.75) is 45.6 Å². The summed E-state index contributed by atoms with van der Waals surface area (Å²) in [5, 5.41) is 3.71. The molecule has 102 valence electrons. The molecule has 1 aliphatic heterocycles. The van der Waals surface area contributed by atoms with Gasteiger partial charge in [0.2, 0.25) is 0 Å². The van der Waals surface area contributed by atoms with Crippen LogP contribution in [0.1, 0.15) is 36.4 Å². The Morgan fingerprint density at radius 1 is 1.39 bits per heavy atom. The van der Waals surface area contributed by atoms with Gasteiger partial charge in [-0.15, -0.1) is 11.3 Å². The Morgan fingerprint density at radius 3 is 2.83 bits per heavy atom. The number of nitrogens with one attached hydrogen (secondary N) is 1. The van der Waals surface area contributed by atoms with Crippen molar-refractivity contribution in [3.8, 4) is 0 Å². The van der Waals surface area contributed by atoms with Crippen LogP contribution >= 0.6 is 11.3 Å². The predicted octanol–water partition coefficient (Wildman–Crippen LogP) is 3.26. The molecule has 2 heterocycles. The summed E-state index contributed by atoms with van der Waals surface area (Å²) < 4.78 is 5.55. The summed E-state index contributed by atoms with van der Waals surface area (Å²) in [6.07, 6.45) is 4.74. The first-order valence-electron chi connectivity index (χ1n) is 7.22. The van der Waals surface area contributed by atoms with Crippen molar-refractivity contribution in [2.75, 3.05) is 19.8 Å². The van der Waals surface area contributed by atoms with E-state index >= 15 is 0 Å². The minimum atomic E-state index is 0.593. The van der Waals surface area contributed by atoms with Crippen LogP contribution < -0.4 is 5.32 Å². The Bertz CT molecular complexity index is 344. The fourth-order valence-corrected chi connectivity index (χ4v) is 3.56. The molecule has 18 heavy (non-hydrogen) atoms. The normalized spacial score (nSPS) is 21.3. The summed E-state index contributed by atoms with van der Waals surface area (Å²) in [5.41, 5.74) is 0. The number of thiophene rings is 1. The van der Waals surface area contributed by atoms with Gasteiger partial charge in [-0.3, -0.25) is 0 Å². The van der Waals surface area contributed by atoms with Gasteiger partial charge in [0.05, 0.1) is 6.61 Å². The number of ether oxygens (including phenoxy) is 1. The summed E-state index contributed by atoms with van der Waals surface area (Å²) >= 11 is 1.97. The average Bonchev–Trinajstić information content (AvgIpc) is 3.05.